The van der Waals surface area contributed by atoms with Gasteiger partial charge in [0, 0.05) is 23.3 Å². The summed E-state index contributed by atoms with van der Waals surface area (Å²) in [5.41, 5.74) is 0.931. The van der Waals surface area contributed by atoms with Crippen molar-refractivity contribution in [3.8, 4) is 5.75 Å². The van der Waals surface area contributed by atoms with E-state index in [4.69, 9.17) is 13.9 Å². The molecule has 0 radical (unpaired) electrons. The molecule has 1 saturated carbocycles. The number of benzene rings is 2. The summed E-state index contributed by atoms with van der Waals surface area (Å²) < 4.78 is 47.4. The molecule has 5 heteroatoms. The Morgan fingerprint density at radius 3 is 2.35 bits per heavy atom. The van der Waals surface area contributed by atoms with Crippen LogP contribution in [0.3, 0.4) is 0 Å². The number of hydrogen-bond acceptors (Lipinski definition) is 3. The van der Waals surface area contributed by atoms with Crippen LogP contribution < -0.4 is 4.74 Å². The van der Waals surface area contributed by atoms with Crippen molar-refractivity contribution in [2.24, 2.45) is 11.8 Å². The summed E-state index contributed by atoms with van der Waals surface area (Å²) >= 11 is 0. The predicted octanol–water partition coefficient (Wildman–Crippen LogP) is 7.35. The zero-order valence-electron chi connectivity index (χ0n) is 18.1. The normalized spacial score (nSPS) is 24.3. The lowest BCUT2D eigenvalue weighted by Crippen LogP contribution is -2.14. The minimum Gasteiger partial charge on any atom is -0.490 e. The van der Waals surface area contributed by atoms with Gasteiger partial charge in [0.05, 0.1) is 13.2 Å². The van der Waals surface area contributed by atoms with Gasteiger partial charge >= 0.3 is 0 Å². The molecule has 1 aliphatic carbocycles. The van der Waals surface area contributed by atoms with E-state index < -0.39 is 5.82 Å². The highest BCUT2D eigenvalue weighted by Gasteiger charge is 2.27. The summed E-state index contributed by atoms with van der Waals surface area (Å²) in [7, 11) is 0. The molecule has 2 aromatic carbocycles. The van der Waals surface area contributed by atoms with Gasteiger partial charge in [0.25, 0.3) is 0 Å². The molecule has 0 spiro atoms. The van der Waals surface area contributed by atoms with Crippen molar-refractivity contribution in [2.75, 3.05) is 19.8 Å². The maximum absolute atomic E-state index is 15.5. The molecule has 3 aromatic rings. The van der Waals surface area contributed by atoms with E-state index >= 15 is 8.78 Å². The molecule has 1 unspecified atom stereocenters. The van der Waals surface area contributed by atoms with Crippen molar-refractivity contribution >= 4 is 21.9 Å². The van der Waals surface area contributed by atoms with Gasteiger partial charge in [-0.25, -0.2) is 4.39 Å². The second kappa shape index (κ2) is 8.78. The number of furan rings is 1. The average molecular weight is 429 g/mol. The molecule has 0 N–H and O–H groups in total. The quantitative estimate of drug-likeness (QED) is 0.411. The summed E-state index contributed by atoms with van der Waals surface area (Å²) in [5, 5.41) is 1.20. The van der Waals surface area contributed by atoms with Crippen LogP contribution in [-0.4, -0.2) is 19.8 Å². The fourth-order valence-electron chi connectivity index (χ4n) is 5.35. The first-order valence-electron chi connectivity index (χ1n) is 11.7. The van der Waals surface area contributed by atoms with Gasteiger partial charge in [-0.3, -0.25) is 0 Å². The van der Waals surface area contributed by atoms with Gasteiger partial charge < -0.3 is 13.9 Å². The van der Waals surface area contributed by atoms with Crippen molar-refractivity contribution in [2.45, 2.75) is 57.8 Å². The van der Waals surface area contributed by atoms with E-state index in [0.29, 0.717) is 29.5 Å². The predicted molar refractivity (Wildman–Crippen MR) is 118 cm³/mol. The van der Waals surface area contributed by atoms with E-state index in [0.717, 1.165) is 44.6 Å². The minimum absolute atomic E-state index is 0.0675. The summed E-state index contributed by atoms with van der Waals surface area (Å²) in [6.45, 7) is 3.99. The van der Waals surface area contributed by atoms with Crippen molar-refractivity contribution in [3.63, 3.8) is 0 Å². The van der Waals surface area contributed by atoms with Crippen LogP contribution in [0.4, 0.5) is 8.78 Å². The second-order valence-corrected chi connectivity index (χ2v) is 9.25. The lowest BCUT2D eigenvalue weighted by molar-refractivity contribution is 0.165. The highest BCUT2D eigenvalue weighted by Crippen LogP contribution is 2.42. The highest BCUT2D eigenvalue weighted by molar-refractivity contribution is 6.05. The molecule has 2 aliphatic rings. The molecule has 1 aliphatic heterocycles. The second-order valence-electron chi connectivity index (χ2n) is 9.25. The summed E-state index contributed by atoms with van der Waals surface area (Å²) in [6, 6.07) is 7.14. The Morgan fingerprint density at radius 2 is 1.65 bits per heavy atom. The van der Waals surface area contributed by atoms with Gasteiger partial charge in [0.1, 0.15) is 0 Å². The summed E-state index contributed by atoms with van der Waals surface area (Å²) in [4.78, 5) is 0. The van der Waals surface area contributed by atoms with Gasteiger partial charge in [-0.15, -0.1) is 0 Å². The fraction of sp³-hybridized carbons (Fsp3) is 0.538. The number of ether oxygens (including phenoxy) is 2. The first kappa shape index (κ1) is 20.7. The first-order chi connectivity index (χ1) is 15.2. The van der Waals surface area contributed by atoms with E-state index in [1.165, 1.54) is 12.8 Å². The topological polar surface area (TPSA) is 31.6 Å². The molecule has 0 bridgehead atoms. The number of hydrogen-bond donors (Lipinski definition) is 0. The Kier molecular flexibility index (Phi) is 5.87. The number of rotatable bonds is 6. The molecule has 2 fully saturated rings. The largest absolute Gasteiger partial charge is 0.490 e. The Bertz CT molecular complexity index is 1060. The number of halogens is 2. The van der Waals surface area contributed by atoms with Crippen molar-refractivity contribution < 1.29 is 22.7 Å². The lowest BCUT2D eigenvalue weighted by Gasteiger charge is -2.28. The van der Waals surface area contributed by atoms with Gasteiger partial charge in [0.15, 0.2) is 22.7 Å². The smallest absolute Gasteiger partial charge is 0.208 e. The third-order valence-corrected chi connectivity index (χ3v) is 7.16. The van der Waals surface area contributed by atoms with Crippen LogP contribution in [0.1, 0.15) is 63.4 Å². The lowest BCUT2D eigenvalue weighted by atomic mass is 9.77. The van der Waals surface area contributed by atoms with E-state index in [1.807, 2.05) is 12.1 Å². The van der Waals surface area contributed by atoms with Crippen LogP contribution in [0.25, 0.3) is 21.9 Å². The molecule has 0 amide bonds. The standard InChI is InChI=1S/C26H30F2O3/c1-2-3-16-4-6-18(7-5-16)19-8-9-20-21-10-11-22(30-15-17-12-13-29-14-17)24(28)26(21)31-25(20)23(19)27/h8-11,16-18H,2-7,12-15H2,1H3. The molecule has 166 valence electrons. The molecule has 3 nitrogen and oxygen atoms in total. The Balaban J connectivity index is 1.42. The SMILES string of the molecule is CCCC1CCC(c2ccc3c(oc4c(F)c(OCC5CCOC5)ccc43)c2F)CC1. The minimum atomic E-state index is -0.561. The third kappa shape index (κ3) is 3.93. The van der Waals surface area contributed by atoms with E-state index in [1.54, 1.807) is 12.1 Å². The van der Waals surface area contributed by atoms with Gasteiger partial charge in [0.2, 0.25) is 5.82 Å². The van der Waals surface area contributed by atoms with Crippen LogP contribution >= 0.6 is 0 Å². The first-order valence-corrected chi connectivity index (χ1v) is 11.7. The zero-order chi connectivity index (χ0) is 21.4. The molecule has 5 rings (SSSR count). The summed E-state index contributed by atoms with van der Waals surface area (Å²) in [5.74, 6) is 0.503. The van der Waals surface area contributed by atoms with Crippen LogP contribution in [0, 0.1) is 23.5 Å². The highest BCUT2D eigenvalue weighted by atomic mass is 19.1. The maximum atomic E-state index is 15.5. The molecular weight excluding hydrogens is 398 g/mol. The van der Waals surface area contributed by atoms with Gasteiger partial charge in [-0.1, -0.05) is 25.8 Å². The molecule has 2 heterocycles. The Hall–Kier alpha value is -2.14. The van der Waals surface area contributed by atoms with E-state index in [9.17, 15) is 0 Å². The van der Waals surface area contributed by atoms with Gasteiger partial charge in [-0.05, 0) is 67.7 Å². The Morgan fingerprint density at radius 1 is 0.903 bits per heavy atom. The molecule has 31 heavy (non-hydrogen) atoms. The van der Waals surface area contributed by atoms with Crippen LogP contribution in [0.5, 0.6) is 5.75 Å². The summed E-state index contributed by atoms with van der Waals surface area (Å²) in [6.07, 6.45) is 7.70. The van der Waals surface area contributed by atoms with Crippen molar-refractivity contribution in [1.82, 2.24) is 0 Å². The van der Waals surface area contributed by atoms with Gasteiger partial charge in [-0.2, -0.15) is 4.39 Å². The average Bonchev–Trinajstić information content (AvgIpc) is 3.43. The molecule has 1 aromatic heterocycles. The monoisotopic (exact) mass is 428 g/mol. The zero-order valence-corrected chi connectivity index (χ0v) is 18.1. The fourth-order valence-corrected chi connectivity index (χ4v) is 5.35. The van der Waals surface area contributed by atoms with Crippen LogP contribution in [0.15, 0.2) is 28.7 Å². The molecule has 1 atom stereocenters. The maximum Gasteiger partial charge on any atom is 0.208 e. The number of fused-ring (bicyclic) bond motifs is 3. The van der Waals surface area contributed by atoms with Crippen molar-refractivity contribution in [3.05, 3.63) is 41.5 Å². The Labute approximate surface area is 181 Å². The van der Waals surface area contributed by atoms with E-state index in [2.05, 4.69) is 6.92 Å². The van der Waals surface area contributed by atoms with Crippen LogP contribution in [0.2, 0.25) is 0 Å². The van der Waals surface area contributed by atoms with Crippen molar-refractivity contribution in [1.29, 1.82) is 0 Å². The molecule has 1 saturated heterocycles. The van der Waals surface area contributed by atoms with Crippen LogP contribution in [-0.2, 0) is 4.74 Å². The third-order valence-electron chi connectivity index (χ3n) is 7.16. The molecular formula is C26H30F2O3. The van der Waals surface area contributed by atoms with E-state index in [-0.39, 0.29) is 34.6 Å².